The van der Waals surface area contributed by atoms with Crippen molar-refractivity contribution in [2.75, 3.05) is 31.6 Å². The van der Waals surface area contributed by atoms with Crippen LogP contribution in [0.1, 0.15) is 30.1 Å². The summed E-state index contributed by atoms with van der Waals surface area (Å²) >= 11 is 0. The number of para-hydroxylation sites is 1. The Hall–Kier alpha value is -1.55. The molecule has 0 aromatic heterocycles. The summed E-state index contributed by atoms with van der Waals surface area (Å²) in [6.45, 7) is 5.16. The lowest BCUT2D eigenvalue weighted by Gasteiger charge is -2.30. The highest BCUT2D eigenvalue weighted by Gasteiger charge is 2.18. The van der Waals surface area contributed by atoms with Crippen molar-refractivity contribution in [1.29, 1.82) is 0 Å². The number of nitrogens with one attached hydrogen (secondary N) is 1. The Kier molecular flexibility index (Phi) is 4.80. The fraction of sp³-hybridized carbons (Fsp3) is 0.533. The van der Waals surface area contributed by atoms with Crippen LogP contribution in [-0.4, -0.2) is 38.8 Å². The summed E-state index contributed by atoms with van der Waals surface area (Å²) in [5.74, 6) is -0.260. The monoisotopic (exact) mass is 262 g/mol. The molecule has 1 atom stereocenters. The van der Waals surface area contributed by atoms with Gasteiger partial charge < -0.3 is 15.0 Å². The zero-order valence-corrected chi connectivity index (χ0v) is 11.7. The van der Waals surface area contributed by atoms with Gasteiger partial charge in [-0.3, -0.25) is 0 Å². The van der Waals surface area contributed by atoms with Gasteiger partial charge in [0.25, 0.3) is 0 Å². The molecule has 2 rings (SSSR count). The van der Waals surface area contributed by atoms with E-state index in [2.05, 4.69) is 17.1 Å². The highest BCUT2D eigenvalue weighted by molar-refractivity contribution is 5.95. The van der Waals surface area contributed by atoms with Crippen LogP contribution in [0.15, 0.2) is 24.3 Å². The van der Waals surface area contributed by atoms with Gasteiger partial charge >= 0.3 is 5.97 Å². The SMILES string of the molecule is COC(=O)c1ccccc1N1CCCNC(C)CC1. The van der Waals surface area contributed by atoms with E-state index >= 15 is 0 Å². The summed E-state index contributed by atoms with van der Waals surface area (Å²) in [6.07, 6.45) is 2.16. The minimum absolute atomic E-state index is 0.260. The summed E-state index contributed by atoms with van der Waals surface area (Å²) < 4.78 is 4.87. The maximum Gasteiger partial charge on any atom is 0.339 e. The van der Waals surface area contributed by atoms with Crippen molar-refractivity contribution >= 4 is 11.7 Å². The first kappa shape index (κ1) is 13.9. The third-order valence-corrected chi connectivity index (χ3v) is 3.58. The van der Waals surface area contributed by atoms with Gasteiger partial charge in [-0.1, -0.05) is 12.1 Å². The standard InChI is InChI=1S/C15H22N2O2/c1-12-8-11-17(10-5-9-16-12)14-7-4-3-6-13(14)15(18)19-2/h3-4,6-7,12,16H,5,8-11H2,1-2H3. The Morgan fingerprint density at radius 3 is 2.95 bits per heavy atom. The number of carbonyl (C=O) groups is 1. The molecule has 4 heteroatoms. The van der Waals surface area contributed by atoms with Gasteiger partial charge in [0.15, 0.2) is 0 Å². The largest absolute Gasteiger partial charge is 0.465 e. The van der Waals surface area contributed by atoms with E-state index in [0.717, 1.165) is 38.2 Å². The van der Waals surface area contributed by atoms with Gasteiger partial charge in [0.1, 0.15) is 0 Å². The Balaban J connectivity index is 2.21. The van der Waals surface area contributed by atoms with Gasteiger partial charge in [0.05, 0.1) is 18.4 Å². The summed E-state index contributed by atoms with van der Waals surface area (Å²) in [6, 6.07) is 8.22. The predicted octanol–water partition coefficient (Wildman–Crippen LogP) is 2.05. The molecule has 104 valence electrons. The van der Waals surface area contributed by atoms with Crippen LogP contribution >= 0.6 is 0 Å². The van der Waals surface area contributed by atoms with E-state index in [1.807, 2.05) is 24.3 Å². The van der Waals surface area contributed by atoms with Crippen molar-refractivity contribution in [2.24, 2.45) is 0 Å². The molecular formula is C15H22N2O2. The molecule has 1 saturated heterocycles. The second-order valence-electron chi connectivity index (χ2n) is 4.99. The first-order chi connectivity index (χ1) is 9.22. The number of nitrogens with zero attached hydrogens (tertiary/aromatic N) is 1. The molecule has 1 fully saturated rings. The number of esters is 1. The van der Waals surface area contributed by atoms with Crippen molar-refractivity contribution in [3.8, 4) is 0 Å². The zero-order chi connectivity index (χ0) is 13.7. The molecule has 0 aliphatic carbocycles. The van der Waals surface area contributed by atoms with Crippen LogP contribution in [0.2, 0.25) is 0 Å². The van der Waals surface area contributed by atoms with Crippen LogP contribution < -0.4 is 10.2 Å². The van der Waals surface area contributed by atoms with Gasteiger partial charge in [-0.15, -0.1) is 0 Å². The first-order valence-corrected chi connectivity index (χ1v) is 6.88. The Bertz CT molecular complexity index is 434. The van der Waals surface area contributed by atoms with Gasteiger partial charge in [0, 0.05) is 19.1 Å². The van der Waals surface area contributed by atoms with E-state index in [-0.39, 0.29) is 5.97 Å². The molecule has 1 aromatic carbocycles. The maximum absolute atomic E-state index is 11.8. The molecule has 0 spiro atoms. The smallest absolute Gasteiger partial charge is 0.339 e. The highest BCUT2D eigenvalue weighted by Crippen LogP contribution is 2.22. The quantitative estimate of drug-likeness (QED) is 0.828. The van der Waals surface area contributed by atoms with E-state index in [0.29, 0.717) is 11.6 Å². The second kappa shape index (κ2) is 6.57. The molecule has 1 aliphatic rings. The van der Waals surface area contributed by atoms with Gasteiger partial charge in [-0.05, 0) is 38.4 Å². The minimum atomic E-state index is -0.260. The average molecular weight is 262 g/mol. The molecule has 0 radical (unpaired) electrons. The van der Waals surface area contributed by atoms with Crippen molar-refractivity contribution in [3.05, 3.63) is 29.8 Å². The van der Waals surface area contributed by atoms with Crippen LogP contribution in [0.3, 0.4) is 0 Å². The van der Waals surface area contributed by atoms with E-state index in [9.17, 15) is 4.79 Å². The number of rotatable bonds is 2. The minimum Gasteiger partial charge on any atom is -0.465 e. The summed E-state index contributed by atoms with van der Waals surface area (Å²) in [5.41, 5.74) is 1.65. The number of hydrogen-bond donors (Lipinski definition) is 1. The number of carbonyl (C=O) groups excluding carboxylic acids is 1. The van der Waals surface area contributed by atoms with E-state index in [1.54, 1.807) is 0 Å². The second-order valence-corrected chi connectivity index (χ2v) is 4.99. The van der Waals surface area contributed by atoms with E-state index < -0.39 is 0 Å². The normalized spacial score (nSPS) is 20.5. The predicted molar refractivity (Wildman–Crippen MR) is 76.7 cm³/mol. The Labute approximate surface area is 114 Å². The number of ether oxygens (including phenoxy) is 1. The lowest BCUT2D eigenvalue weighted by molar-refractivity contribution is 0.0601. The van der Waals surface area contributed by atoms with Crippen LogP contribution in [0, 0.1) is 0 Å². The molecule has 0 saturated carbocycles. The summed E-state index contributed by atoms with van der Waals surface area (Å²) in [5, 5.41) is 3.49. The number of benzene rings is 1. The summed E-state index contributed by atoms with van der Waals surface area (Å²) in [4.78, 5) is 14.1. The van der Waals surface area contributed by atoms with Crippen molar-refractivity contribution in [1.82, 2.24) is 5.32 Å². The molecule has 1 aliphatic heterocycles. The van der Waals surface area contributed by atoms with Crippen LogP contribution in [0.4, 0.5) is 5.69 Å². The number of hydrogen-bond acceptors (Lipinski definition) is 4. The number of anilines is 1. The third-order valence-electron chi connectivity index (χ3n) is 3.58. The van der Waals surface area contributed by atoms with Crippen LogP contribution in [-0.2, 0) is 4.74 Å². The highest BCUT2D eigenvalue weighted by atomic mass is 16.5. The molecule has 0 bridgehead atoms. The molecule has 19 heavy (non-hydrogen) atoms. The molecule has 1 heterocycles. The van der Waals surface area contributed by atoms with Crippen molar-refractivity contribution in [2.45, 2.75) is 25.8 Å². The van der Waals surface area contributed by atoms with E-state index in [4.69, 9.17) is 4.74 Å². The molecule has 1 unspecified atom stereocenters. The summed E-state index contributed by atoms with van der Waals surface area (Å²) in [7, 11) is 1.43. The lowest BCUT2D eigenvalue weighted by atomic mass is 10.1. The van der Waals surface area contributed by atoms with Crippen molar-refractivity contribution in [3.63, 3.8) is 0 Å². The van der Waals surface area contributed by atoms with Gasteiger partial charge in [-0.25, -0.2) is 4.79 Å². The molecular weight excluding hydrogens is 240 g/mol. The van der Waals surface area contributed by atoms with Crippen LogP contribution in [0.5, 0.6) is 0 Å². The molecule has 0 amide bonds. The Morgan fingerprint density at radius 1 is 1.37 bits per heavy atom. The zero-order valence-electron chi connectivity index (χ0n) is 11.7. The van der Waals surface area contributed by atoms with E-state index in [1.165, 1.54) is 7.11 Å². The van der Waals surface area contributed by atoms with Crippen LogP contribution in [0.25, 0.3) is 0 Å². The number of methoxy groups -OCH3 is 1. The third kappa shape index (κ3) is 3.47. The van der Waals surface area contributed by atoms with Gasteiger partial charge in [0.2, 0.25) is 0 Å². The molecule has 4 nitrogen and oxygen atoms in total. The first-order valence-electron chi connectivity index (χ1n) is 6.88. The lowest BCUT2D eigenvalue weighted by Crippen LogP contribution is -2.39. The fourth-order valence-electron chi connectivity index (χ4n) is 2.45. The molecule has 1 N–H and O–H groups in total. The average Bonchev–Trinajstić information content (AvgIpc) is 2.43. The fourth-order valence-corrected chi connectivity index (χ4v) is 2.45. The maximum atomic E-state index is 11.8. The van der Waals surface area contributed by atoms with Gasteiger partial charge in [-0.2, -0.15) is 0 Å². The van der Waals surface area contributed by atoms with Crippen molar-refractivity contribution < 1.29 is 9.53 Å². The Morgan fingerprint density at radius 2 is 2.16 bits per heavy atom. The topological polar surface area (TPSA) is 41.6 Å². The molecule has 1 aromatic rings.